The van der Waals surface area contributed by atoms with Crippen LogP contribution in [-0.4, -0.2) is 6.29 Å². The first-order chi connectivity index (χ1) is 1.41. The van der Waals surface area contributed by atoms with E-state index < -0.39 is 0 Å². The van der Waals surface area contributed by atoms with Gasteiger partial charge in [0.1, 0.15) is 6.29 Å². The zero-order valence-corrected chi connectivity index (χ0v) is 4.94. The number of hydrogen-bond donors (Lipinski definition) is 0. The maximum absolute atomic E-state index is 8.81. The van der Waals surface area contributed by atoms with Crippen molar-refractivity contribution in [1.29, 1.82) is 0 Å². The van der Waals surface area contributed by atoms with Gasteiger partial charge >= 0.3 is 0 Å². The van der Waals surface area contributed by atoms with E-state index in [1.165, 1.54) is 6.92 Å². The van der Waals surface area contributed by atoms with Gasteiger partial charge in [0.2, 0.25) is 0 Å². The van der Waals surface area contributed by atoms with Crippen LogP contribution in [0.1, 0.15) is 6.92 Å². The van der Waals surface area contributed by atoms with Crippen LogP contribution in [0, 0.1) is 0 Å². The van der Waals surface area contributed by atoms with E-state index in [1.54, 1.807) is 0 Å². The molecule has 0 aliphatic rings. The quantitative estimate of drug-likeness (QED) is 0.434. The fraction of sp³-hybridized carbons (Fsp3) is 0.500. The molecule has 0 N–H and O–H groups in total. The Morgan fingerprint density at radius 2 is 1.75 bits per heavy atom. The van der Waals surface area contributed by atoms with E-state index in [1.807, 2.05) is 0 Å². The number of rotatable bonds is 0. The van der Waals surface area contributed by atoms with Gasteiger partial charge in [-0.3, -0.25) is 0 Å². The summed E-state index contributed by atoms with van der Waals surface area (Å²) in [5.41, 5.74) is 0. The third-order valence-electron chi connectivity index (χ3n) is 0. The zero-order valence-electron chi connectivity index (χ0n) is 2.49. The van der Waals surface area contributed by atoms with Gasteiger partial charge in [-0.05, 0) is 6.92 Å². The van der Waals surface area contributed by atoms with Crippen molar-refractivity contribution in [3.05, 3.63) is 0 Å². The largest absolute Gasteiger partial charge is 0.304 e. The number of aldehydes is 1. The molecule has 0 unspecified atom stereocenters. The minimum atomic E-state index is 0. The first kappa shape index (κ1) is 8.82. The van der Waals surface area contributed by atoms with Crippen LogP contribution < -0.4 is 0 Å². The Morgan fingerprint density at radius 3 is 1.75 bits per heavy atom. The Bertz CT molecular complexity index is 13.5. The normalized spacial score (nSPS) is 3.25. The van der Waals surface area contributed by atoms with Crippen molar-refractivity contribution in [2.75, 3.05) is 0 Å². The molecule has 0 rings (SSSR count). The van der Waals surface area contributed by atoms with E-state index in [9.17, 15) is 0 Å². The van der Waals surface area contributed by atoms with Gasteiger partial charge in [0.25, 0.3) is 0 Å². The van der Waals surface area contributed by atoms with E-state index in [0.29, 0.717) is 0 Å². The van der Waals surface area contributed by atoms with Gasteiger partial charge in [0.05, 0.1) is 0 Å². The van der Waals surface area contributed by atoms with Crippen molar-refractivity contribution >= 4 is 6.29 Å². The maximum Gasteiger partial charge on any atom is 0.116 e. The molecule has 0 radical (unpaired) electrons. The van der Waals surface area contributed by atoms with Crippen molar-refractivity contribution in [2.45, 2.75) is 6.92 Å². The molecule has 0 spiro atoms. The predicted octanol–water partition coefficient (Wildman–Crippen LogP) is 0.203. The number of carbonyl (C=O) groups is 1. The summed E-state index contributed by atoms with van der Waals surface area (Å²) in [6.45, 7) is 1.44. The number of hydrogen-bond acceptors (Lipinski definition) is 1. The maximum atomic E-state index is 8.81. The van der Waals surface area contributed by atoms with Crippen molar-refractivity contribution in [2.24, 2.45) is 0 Å². The summed E-state index contributed by atoms with van der Waals surface area (Å²) in [4.78, 5) is 8.81. The molecule has 0 aromatic heterocycles. The predicted molar refractivity (Wildman–Crippen MR) is 11.7 cm³/mol. The van der Waals surface area contributed by atoms with Crippen LogP contribution >= 0.6 is 0 Å². The molecule has 0 atom stereocenters. The molecule has 0 aromatic rings. The van der Waals surface area contributed by atoms with E-state index in [2.05, 4.69) is 0 Å². The van der Waals surface area contributed by atoms with Gasteiger partial charge in [0, 0.05) is 26.2 Å². The molecule has 0 saturated heterocycles. The molecule has 0 aliphatic carbocycles. The molecule has 0 aliphatic heterocycles. The Balaban J connectivity index is 0. The van der Waals surface area contributed by atoms with Gasteiger partial charge in [-0.1, -0.05) is 0 Å². The third-order valence-corrected chi connectivity index (χ3v) is 0. The van der Waals surface area contributed by atoms with E-state index >= 15 is 0 Å². The SMILES string of the molecule is CC=O.[Zr]. The topological polar surface area (TPSA) is 17.1 Å². The van der Waals surface area contributed by atoms with E-state index in [0.717, 1.165) is 6.29 Å². The minimum absolute atomic E-state index is 0. The van der Waals surface area contributed by atoms with Crippen LogP contribution in [0.4, 0.5) is 0 Å². The van der Waals surface area contributed by atoms with E-state index in [-0.39, 0.29) is 26.2 Å². The summed E-state index contributed by atoms with van der Waals surface area (Å²) < 4.78 is 0. The second-order valence-electron chi connectivity index (χ2n) is 0.236. The summed E-state index contributed by atoms with van der Waals surface area (Å²) in [6.07, 6.45) is 0.750. The molecule has 2 heteroatoms. The summed E-state index contributed by atoms with van der Waals surface area (Å²) >= 11 is 0. The van der Waals surface area contributed by atoms with Crippen molar-refractivity contribution < 1.29 is 31.0 Å². The molecule has 0 fully saturated rings. The summed E-state index contributed by atoms with van der Waals surface area (Å²) in [7, 11) is 0. The third kappa shape index (κ3) is 20.1. The molecule has 0 bridgehead atoms. The van der Waals surface area contributed by atoms with Gasteiger partial charge < -0.3 is 4.79 Å². The molecule has 0 amide bonds. The molecule has 1 nitrogen and oxygen atoms in total. The first-order valence-electron chi connectivity index (χ1n) is 0.813. The molecule has 0 heterocycles. The Hall–Kier alpha value is 0.553. The Labute approximate surface area is 44.5 Å². The van der Waals surface area contributed by atoms with Gasteiger partial charge in [-0.15, -0.1) is 0 Å². The van der Waals surface area contributed by atoms with Gasteiger partial charge in [-0.25, -0.2) is 0 Å². The summed E-state index contributed by atoms with van der Waals surface area (Å²) in [5.74, 6) is 0. The molecule has 22 valence electrons. The monoisotopic (exact) mass is 134 g/mol. The fourth-order valence-electron chi connectivity index (χ4n) is 0. The van der Waals surface area contributed by atoms with Crippen LogP contribution in [0.5, 0.6) is 0 Å². The van der Waals surface area contributed by atoms with Crippen LogP contribution in [0.25, 0.3) is 0 Å². The number of carbonyl (C=O) groups excluding carboxylic acids is 1. The average molecular weight is 135 g/mol. The van der Waals surface area contributed by atoms with Gasteiger partial charge in [-0.2, -0.15) is 0 Å². The Morgan fingerprint density at radius 1 is 1.75 bits per heavy atom. The van der Waals surface area contributed by atoms with Crippen LogP contribution in [0.15, 0.2) is 0 Å². The molecule has 4 heavy (non-hydrogen) atoms. The van der Waals surface area contributed by atoms with Crippen molar-refractivity contribution in [3.63, 3.8) is 0 Å². The average Bonchev–Trinajstić information content (AvgIpc) is 0.918. The molecular weight excluding hydrogens is 131 g/mol. The second kappa shape index (κ2) is 9.60. The van der Waals surface area contributed by atoms with Crippen LogP contribution in [0.2, 0.25) is 0 Å². The zero-order chi connectivity index (χ0) is 2.71. The van der Waals surface area contributed by atoms with Gasteiger partial charge in [0.15, 0.2) is 0 Å². The van der Waals surface area contributed by atoms with Crippen molar-refractivity contribution in [1.82, 2.24) is 0 Å². The Kier molecular flexibility index (Phi) is 21.2. The fourth-order valence-corrected chi connectivity index (χ4v) is 0. The summed E-state index contributed by atoms with van der Waals surface area (Å²) in [5, 5.41) is 0. The standard InChI is InChI=1S/C2H4O.Zr/c1-2-3;/h2H,1H3;. The minimum Gasteiger partial charge on any atom is -0.304 e. The molecule has 0 aromatic carbocycles. The second-order valence-corrected chi connectivity index (χ2v) is 0.236. The molecular formula is C2H4OZr. The first-order valence-corrected chi connectivity index (χ1v) is 0.813. The van der Waals surface area contributed by atoms with E-state index in [4.69, 9.17) is 4.79 Å². The molecule has 0 saturated carbocycles. The van der Waals surface area contributed by atoms with Crippen LogP contribution in [-0.2, 0) is 31.0 Å². The van der Waals surface area contributed by atoms with Crippen LogP contribution in [0.3, 0.4) is 0 Å². The van der Waals surface area contributed by atoms with Crippen molar-refractivity contribution in [3.8, 4) is 0 Å². The smallest absolute Gasteiger partial charge is 0.116 e. The summed E-state index contributed by atoms with van der Waals surface area (Å²) in [6, 6.07) is 0.